The van der Waals surface area contributed by atoms with Crippen molar-refractivity contribution in [3.63, 3.8) is 0 Å². The quantitative estimate of drug-likeness (QED) is 0.737. The highest BCUT2D eigenvalue weighted by atomic mass is 16.1. The van der Waals surface area contributed by atoms with Crippen molar-refractivity contribution >= 4 is 17.3 Å². The SMILES string of the molecule is CCC(C(N)=O)N(CC)c1ccc(N)cc1. The van der Waals surface area contributed by atoms with Gasteiger partial charge in [-0.25, -0.2) is 0 Å². The van der Waals surface area contributed by atoms with Gasteiger partial charge < -0.3 is 16.4 Å². The zero-order chi connectivity index (χ0) is 12.1. The van der Waals surface area contributed by atoms with Crippen LogP contribution in [0.5, 0.6) is 0 Å². The highest BCUT2D eigenvalue weighted by Crippen LogP contribution is 2.19. The highest BCUT2D eigenvalue weighted by molar-refractivity contribution is 5.83. The fourth-order valence-corrected chi connectivity index (χ4v) is 1.82. The summed E-state index contributed by atoms with van der Waals surface area (Å²) in [5.41, 5.74) is 12.7. The number of benzene rings is 1. The molecule has 1 amide bonds. The van der Waals surface area contributed by atoms with E-state index in [9.17, 15) is 4.79 Å². The largest absolute Gasteiger partial charge is 0.399 e. The van der Waals surface area contributed by atoms with Crippen LogP contribution in [0.1, 0.15) is 20.3 Å². The maximum Gasteiger partial charge on any atom is 0.240 e. The van der Waals surface area contributed by atoms with E-state index in [0.717, 1.165) is 12.2 Å². The van der Waals surface area contributed by atoms with Crippen molar-refractivity contribution in [1.29, 1.82) is 0 Å². The zero-order valence-electron chi connectivity index (χ0n) is 9.81. The molecule has 0 aliphatic heterocycles. The van der Waals surface area contributed by atoms with Crippen molar-refractivity contribution in [3.05, 3.63) is 24.3 Å². The lowest BCUT2D eigenvalue weighted by molar-refractivity contribution is -0.119. The summed E-state index contributed by atoms with van der Waals surface area (Å²) >= 11 is 0. The molecule has 0 radical (unpaired) electrons. The Bertz CT molecular complexity index is 348. The van der Waals surface area contributed by atoms with Crippen molar-refractivity contribution in [2.75, 3.05) is 17.2 Å². The molecule has 0 aliphatic rings. The smallest absolute Gasteiger partial charge is 0.240 e. The van der Waals surface area contributed by atoms with E-state index in [2.05, 4.69) is 0 Å². The molecule has 4 nitrogen and oxygen atoms in total. The summed E-state index contributed by atoms with van der Waals surface area (Å²) < 4.78 is 0. The van der Waals surface area contributed by atoms with Crippen molar-refractivity contribution < 1.29 is 4.79 Å². The maximum atomic E-state index is 11.3. The summed E-state index contributed by atoms with van der Waals surface area (Å²) in [5, 5.41) is 0. The Labute approximate surface area is 96.2 Å². The van der Waals surface area contributed by atoms with Crippen LogP contribution in [0.3, 0.4) is 0 Å². The lowest BCUT2D eigenvalue weighted by Gasteiger charge is -2.29. The molecule has 0 saturated carbocycles. The monoisotopic (exact) mass is 221 g/mol. The van der Waals surface area contributed by atoms with E-state index >= 15 is 0 Å². The van der Waals surface area contributed by atoms with Gasteiger partial charge in [0.15, 0.2) is 0 Å². The Morgan fingerprint density at radius 3 is 2.25 bits per heavy atom. The molecule has 1 atom stereocenters. The first-order chi connectivity index (χ1) is 7.60. The summed E-state index contributed by atoms with van der Waals surface area (Å²) in [7, 11) is 0. The van der Waals surface area contributed by atoms with Crippen LogP contribution in [0.25, 0.3) is 0 Å². The molecule has 0 aliphatic carbocycles. The Hall–Kier alpha value is -1.71. The number of carbonyl (C=O) groups excluding carboxylic acids is 1. The lowest BCUT2D eigenvalue weighted by atomic mass is 10.1. The number of rotatable bonds is 5. The zero-order valence-corrected chi connectivity index (χ0v) is 9.81. The molecule has 0 heterocycles. The summed E-state index contributed by atoms with van der Waals surface area (Å²) in [6.45, 7) is 4.70. The lowest BCUT2D eigenvalue weighted by Crippen LogP contribution is -2.44. The second-order valence-corrected chi connectivity index (χ2v) is 3.70. The Kier molecular flexibility index (Phi) is 4.17. The third-order valence-electron chi connectivity index (χ3n) is 2.66. The molecule has 1 aromatic rings. The maximum absolute atomic E-state index is 11.3. The van der Waals surface area contributed by atoms with Crippen molar-refractivity contribution in [3.8, 4) is 0 Å². The Balaban J connectivity index is 2.96. The van der Waals surface area contributed by atoms with Gasteiger partial charge in [-0.2, -0.15) is 0 Å². The first kappa shape index (κ1) is 12.4. The summed E-state index contributed by atoms with van der Waals surface area (Å²) in [6, 6.07) is 7.21. The number of hydrogen-bond donors (Lipinski definition) is 2. The number of nitrogens with zero attached hydrogens (tertiary/aromatic N) is 1. The average Bonchev–Trinajstić information content (AvgIpc) is 2.26. The molecule has 1 rings (SSSR count). The number of likely N-dealkylation sites (N-methyl/N-ethyl adjacent to an activating group) is 1. The average molecular weight is 221 g/mol. The fourth-order valence-electron chi connectivity index (χ4n) is 1.82. The second kappa shape index (κ2) is 5.39. The molecule has 88 valence electrons. The van der Waals surface area contributed by atoms with Crippen LogP contribution in [-0.4, -0.2) is 18.5 Å². The summed E-state index contributed by atoms with van der Waals surface area (Å²) in [4.78, 5) is 13.3. The van der Waals surface area contributed by atoms with E-state index in [1.165, 1.54) is 0 Å². The Morgan fingerprint density at radius 2 is 1.88 bits per heavy atom. The Morgan fingerprint density at radius 1 is 1.31 bits per heavy atom. The van der Waals surface area contributed by atoms with Gasteiger partial charge in [-0.3, -0.25) is 4.79 Å². The van der Waals surface area contributed by atoms with E-state index in [-0.39, 0.29) is 11.9 Å². The number of nitrogens with two attached hydrogens (primary N) is 2. The molecule has 1 aromatic carbocycles. The van der Waals surface area contributed by atoms with E-state index in [1.54, 1.807) is 0 Å². The third kappa shape index (κ3) is 2.66. The van der Waals surface area contributed by atoms with Crippen LogP contribution in [0.15, 0.2) is 24.3 Å². The molecule has 4 N–H and O–H groups in total. The van der Waals surface area contributed by atoms with Gasteiger partial charge in [-0.1, -0.05) is 6.92 Å². The first-order valence-corrected chi connectivity index (χ1v) is 5.51. The van der Waals surface area contributed by atoms with Crippen LogP contribution in [0.2, 0.25) is 0 Å². The number of carbonyl (C=O) groups is 1. The van der Waals surface area contributed by atoms with E-state index in [0.29, 0.717) is 12.1 Å². The number of anilines is 2. The van der Waals surface area contributed by atoms with Gasteiger partial charge in [0.2, 0.25) is 5.91 Å². The standard InChI is InChI=1S/C12H19N3O/c1-3-11(12(14)16)15(4-2)10-7-5-9(13)6-8-10/h5-8,11H,3-4,13H2,1-2H3,(H2,14,16). The van der Waals surface area contributed by atoms with Gasteiger partial charge in [0.25, 0.3) is 0 Å². The van der Waals surface area contributed by atoms with Crippen molar-refractivity contribution in [2.24, 2.45) is 5.73 Å². The summed E-state index contributed by atoms with van der Waals surface area (Å²) in [5.74, 6) is -0.291. The van der Waals surface area contributed by atoms with Crippen LogP contribution < -0.4 is 16.4 Å². The van der Waals surface area contributed by atoms with Gasteiger partial charge in [-0.05, 0) is 37.6 Å². The van der Waals surface area contributed by atoms with Gasteiger partial charge in [-0.15, -0.1) is 0 Å². The van der Waals surface area contributed by atoms with E-state index < -0.39 is 0 Å². The van der Waals surface area contributed by atoms with Crippen LogP contribution in [-0.2, 0) is 4.79 Å². The molecule has 0 bridgehead atoms. The minimum absolute atomic E-state index is 0.256. The molecule has 1 unspecified atom stereocenters. The van der Waals surface area contributed by atoms with E-state index in [1.807, 2.05) is 43.0 Å². The van der Waals surface area contributed by atoms with Gasteiger partial charge in [0.1, 0.15) is 6.04 Å². The number of primary amides is 1. The van der Waals surface area contributed by atoms with Gasteiger partial charge in [0, 0.05) is 17.9 Å². The minimum Gasteiger partial charge on any atom is -0.399 e. The van der Waals surface area contributed by atoms with Crippen LogP contribution >= 0.6 is 0 Å². The van der Waals surface area contributed by atoms with Crippen molar-refractivity contribution in [1.82, 2.24) is 0 Å². The summed E-state index contributed by atoms with van der Waals surface area (Å²) in [6.07, 6.45) is 0.702. The highest BCUT2D eigenvalue weighted by Gasteiger charge is 2.20. The number of amides is 1. The number of hydrogen-bond acceptors (Lipinski definition) is 3. The van der Waals surface area contributed by atoms with Crippen LogP contribution in [0, 0.1) is 0 Å². The van der Waals surface area contributed by atoms with Gasteiger partial charge >= 0.3 is 0 Å². The fraction of sp³-hybridized carbons (Fsp3) is 0.417. The minimum atomic E-state index is -0.291. The molecule has 4 heteroatoms. The third-order valence-corrected chi connectivity index (χ3v) is 2.66. The molecule has 0 saturated heterocycles. The normalized spacial score (nSPS) is 12.1. The molecular formula is C12H19N3O. The topological polar surface area (TPSA) is 72.4 Å². The molecule has 0 aromatic heterocycles. The van der Waals surface area contributed by atoms with Crippen LogP contribution in [0.4, 0.5) is 11.4 Å². The van der Waals surface area contributed by atoms with Crippen molar-refractivity contribution in [2.45, 2.75) is 26.3 Å². The molecule has 0 spiro atoms. The number of nitrogen functional groups attached to an aromatic ring is 1. The first-order valence-electron chi connectivity index (χ1n) is 5.51. The van der Waals surface area contributed by atoms with Gasteiger partial charge in [0.05, 0.1) is 0 Å². The predicted molar refractivity (Wildman–Crippen MR) is 67.1 cm³/mol. The molecule has 0 fully saturated rings. The van der Waals surface area contributed by atoms with E-state index in [4.69, 9.17) is 11.5 Å². The molecule has 16 heavy (non-hydrogen) atoms. The predicted octanol–water partition coefficient (Wildman–Crippen LogP) is 1.36. The molecular weight excluding hydrogens is 202 g/mol. The second-order valence-electron chi connectivity index (χ2n) is 3.70.